The summed E-state index contributed by atoms with van der Waals surface area (Å²) in [5, 5.41) is 10.5. The molecule has 118 valence electrons. The van der Waals surface area contributed by atoms with E-state index in [4.69, 9.17) is 4.74 Å². The van der Waals surface area contributed by atoms with E-state index in [0.29, 0.717) is 0 Å². The lowest BCUT2D eigenvalue weighted by atomic mass is 10.1. The molecule has 1 aliphatic heterocycles. The van der Waals surface area contributed by atoms with E-state index < -0.39 is 0 Å². The molecule has 1 aliphatic rings. The first-order valence-corrected chi connectivity index (χ1v) is 7.89. The molecule has 2 N–H and O–H groups in total. The number of morpholine rings is 1. The molecule has 0 aliphatic carbocycles. The van der Waals surface area contributed by atoms with Crippen LogP contribution in [0.5, 0.6) is 0 Å². The second-order valence-electron chi connectivity index (χ2n) is 5.83. The Morgan fingerprint density at radius 3 is 2.82 bits per heavy atom. The summed E-state index contributed by atoms with van der Waals surface area (Å²) >= 11 is 0. The van der Waals surface area contributed by atoms with Crippen LogP contribution >= 0.6 is 0 Å². The maximum Gasteiger partial charge on any atom is 0.0594 e. The average Bonchev–Trinajstić information content (AvgIpc) is 2.94. The molecule has 0 radical (unpaired) electrons. The number of nitrogens with zero attached hydrogens (tertiary/aromatic N) is 2. The Morgan fingerprint density at radius 2 is 2.05 bits per heavy atom. The maximum absolute atomic E-state index is 5.40. The van der Waals surface area contributed by atoms with Gasteiger partial charge in [0.05, 0.1) is 19.4 Å². The molecular weight excluding hydrogens is 276 g/mol. The highest BCUT2D eigenvalue weighted by Gasteiger charge is 2.10. The van der Waals surface area contributed by atoms with Crippen molar-refractivity contribution in [3.63, 3.8) is 0 Å². The van der Waals surface area contributed by atoms with Crippen molar-refractivity contribution >= 4 is 0 Å². The zero-order chi connectivity index (χ0) is 15.2. The third-order valence-electron chi connectivity index (χ3n) is 4.08. The lowest BCUT2D eigenvalue weighted by molar-refractivity contribution is 0.0342. The molecule has 1 aromatic heterocycles. The van der Waals surface area contributed by atoms with E-state index in [1.165, 1.54) is 16.7 Å². The van der Waals surface area contributed by atoms with Crippen molar-refractivity contribution in [2.24, 2.45) is 0 Å². The van der Waals surface area contributed by atoms with Gasteiger partial charge in [-0.2, -0.15) is 5.10 Å². The van der Waals surface area contributed by atoms with Crippen molar-refractivity contribution in [2.75, 3.05) is 26.3 Å². The number of aromatic nitrogens is 2. The summed E-state index contributed by atoms with van der Waals surface area (Å²) < 4.78 is 5.40. The Bertz CT molecular complexity index is 590. The standard InChI is InChI=1S/C17H24N4O/c1-14-17(12-19-20-14)11-18-10-15-3-2-4-16(9-15)13-21-5-7-22-8-6-21/h2-4,9,12,18H,5-8,10-11,13H2,1H3,(H,19,20). The molecule has 2 aromatic rings. The van der Waals surface area contributed by atoms with E-state index in [1.807, 2.05) is 13.1 Å². The van der Waals surface area contributed by atoms with E-state index >= 15 is 0 Å². The van der Waals surface area contributed by atoms with Crippen LogP contribution in [0.3, 0.4) is 0 Å². The van der Waals surface area contributed by atoms with Gasteiger partial charge in [0.15, 0.2) is 0 Å². The van der Waals surface area contributed by atoms with E-state index in [-0.39, 0.29) is 0 Å². The molecule has 0 amide bonds. The highest BCUT2D eigenvalue weighted by atomic mass is 16.5. The topological polar surface area (TPSA) is 53.2 Å². The molecule has 0 unspecified atom stereocenters. The Labute approximate surface area is 131 Å². The minimum absolute atomic E-state index is 0.843. The molecule has 1 saturated heterocycles. The number of hydrogen-bond acceptors (Lipinski definition) is 4. The molecule has 5 nitrogen and oxygen atoms in total. The molecule has 0 atom stereocenters. The zero-order valence-electron chi connectivity index (χ0n) is 13.1. The number of hydrogen-bond donors (Lipinski definition) is 2. The Kier molecular flexibility index (Phi) is 5.21. The minimum Gasteiger partial charge on any atom is -0.379 e. The molecule has 5 heteroatoms. The quantitative estimate of drug-likeness (QED) is 0.855. The highest BCUT2D eigenvalue weighted by molar-refractivity contribution is 5.23. The van der Waals surface area contributed by atoms with Crippen LogP contribution in [0.4, 0.5) is 0 Å². The summed E-state index contributed by atoms with van der Waals surface area (Å²) in [6.45, 7) is 8.55. The van der Waals surface area contributed by atoms with Crippen LogP contribution < -0.4 is 5.32 Å². The van der Waals surface area contributed by atoms with Gasteiger partial charge in [0.2, 0.25) is 0 Å². The van der Waals surface area contributed by atoms with Gasteiger partial charge in [0, 0.05) is 44.0 Å². The first-order valence-electron chi connectivity index (χ1n) is 7.89. The number of nitrogens with one attached hydrogen (secondary N) is 2. The highest BCUT2D eigenvalue weighted by Crippen LogP contribution is 2.10. The van der Waals surface area contributed by atoms with E-state index in [9.17, 15) is 0 Å². The predicted molar refractivity (Wildman–Crippen MR) is 86.4 cm³/mol. The molecule has 0 saturated carbocycles. The van der Waals surface area contributed by atoms with Crippen LogP contribution in [0.2, 0.25) is 0 Å². The fraction of sp³-hybridized carbons (Fsp3) is 0.471. The summed E-state index contributed by atoms with van der Waals surface area (Å²) in [4.78, 5) is 2.45. The van der Waals surface area contributed by atoms with Crippen molar-refractivity contribution in [1.29, 1.82) is 0 Å². The first-order chi connectivity index (χ1) is 10.8. The number of ether oxygens (including phenoxy) is 1. The van der Waals surface area contributed by atoms with Gasteiger partial charge in [-0.15, -0.1) is 0 Å². The fourth-order valence-electron chi connectivity index (χ4n) is 2.75. The van der Waals surface area contributed by atoms with Gasteiger partial charge in [-0.1, -0.05) is 24.3 Å². The predicted octanol–water partition coefficient (Wildman–Crippen LogP) is 1.84. The Balaban J connectivity index is 1.51. The van der Waals surface area contributed by atoms with Crippen molar-refractivity contribution in [1.82, 2.24) is 20.4 Å². The van der Waals surface area contributed by atoms with Crippen LogP contribution in [0, 0.1) is 6.92 Å². The van der Waals surface area contributed by atoms with Gasteiger partial charge in [0.25, 0.3) is 0 Å². The lowest BCUT2D eigenvalue weighted by Gasteiger charge is -2.26. The summed E-state index contributed by atoms with van der Waals surface area (Å²) in [5.74, 6) is 0. The summed E-state index contributed by atoms with van der Waals surface area (Å²) in [6, 6.07) is 8.83. The van der Waals surface area contributed by atoms with Crippen LogP contribution in [0.15, 0.2) is 30.5 Å². The summed E-state index contributed by atoms with van der Waals surface area (Å²) in [7, 11) is 0. The average molecular weight is 300 g/mol. The lowest BCUT2D eigenvalue weighted by Crippen LogP contribution is -2.35. The van der Waals surface area contributed by atoms with Gasteiger partial charge in [0.1, 0.15) is 0 Å². The molecule has 0 bridgehead atoms. The third kappa shape index (κ3) is 4.16. The molecule has 22 heavy (non-hydrogen) atoms. The zero-order valence-corrected chi connectivity index (χ0v) is 13.1. The summed E-state index contributed by atoms with van der Waals surface area (Å²) in [5.41, 5.74) is 5.06. The smallest absolute Gasteiger partial charge is 0.0594 e. The van der Waals surface area contributed by atoms with Gasteiger partial charge in [-0.3, -0.25) is 10.00 Å². The van der Waals surface area contributed by atoms with E-state index in [2.05, 4.69) is 44.7 Å². The van der Waals surface area contributed by atoms with Crippen LogP contribution in [0.1, 0.15) is 22.4 Å². The van der Waals surface area contributed by atoms with Gasteiger partial charge < -0.3 is 10.1 Å². The maximum atomic E-state index is 5.40. The number of H-pyrrole nitrogens is 1. The summed E-state index contributed by atoms with van der Waals surface area (Å²) in [6.07, 6.45) is 1.89. The largest absolute Gasteiger partial charge is 0.379 e. The van der Waals surface area contributed by atoms with Crippen molar-refractivity contribution in [3.8, 4) is 0 Å². The van der Waals surface area contributed by atoms with Crippen LogP contribution in [0.25, 0.3) is 0 Å². The van der Waals surface area contributed by atoms with Crippen molar-refractivity contribution in [3.05, 3.63) is 52.8 Å². The molecule has 0 spiro atoms. The normalized spacial score (nSPS) is 16.0. The first kappa shape index (κ1) is 15.2. The molecule has 3 rings (SSSR count). The SMILES string of the molecule is Cc1[nH]ncc1CNCc1cccc(CN2CCOCC2)c1. The number of benzene rings is 1. The Morgan fingerprint density at radius 1 is 1.23 bits per heavy atom. The van der Waals surface area contributed by atoms with Gasteiger partial charge >= 0.3 is 0 Å². The minimum atomic E-state index is 0.843. The molecule has 2 heterocycles. The van der Waals surface area contributed by atoms with Crippen molar-refractivity contribution < 1.29 is 4.74 Å². The molecule has 1 fully saturated rings. The molecular formula is C17H24N4O. The Hall–Kier alpha value is -1.69. The van der Waals surface area contributed by atoms with E-state index in [1.54, 1.807) is 0 Å². The fourth-order valence-corrected chi connectivity index (χ4v) is 2.75. The van der Waals surface area contributed by atoms with Crippen LogP contribution in [-0.2, 0) is 24.4 Å². The molecule has 1 aromatic carbocycles. The van der Waals surface area contributed by atoms with Crippen molar-refractivity contribution in [2.45, 2.75) is 26.6 Å². The van der Waals surface area contributed by atoms with Gasteiger partial charge in [-0.25, -0.2) is 0 Å². The number of rotatable bonds is 6. The number of aryl methyl sites for hydroxylation is 1. The second kappa shape index (κ2) is 7.54. The third-order valence-corrected chi connectivity index (χ3v) is 4.08. The second-order valence-corrected chi connectivity index (χ2v) is 5.83. The monoisotopic (exact) mass is 300 g/mol. The number of aromatic amines is 1. The van der Waals surface area contributed by atoms with Gasteiger partial charge in [-0.05, 0) is 18.1 Å². The van der Waals surface area contributed by atoms with Crippen LogP contribution in [-0.4, -0.2) is 41.4 Å². The van der Waals surface area contributed by atoms with E-state index in [0.717, 1.165) is 51.6 Å².